The third-order valence-corrected chi connectivity index (χ3v) is 3.98. The van der Waals surface area contributed by atoms with Crippen LogP contribution < -0.4 is 5.73 Å². The molecule has 0 bridgehead atoms. The first kappa shape index (κ1) is 18.0. The topological polar surface area (TPSA) is 46.3 Å². The summed E-state index contributed by atoms with van der Waals surface area (Å²) in [7, 11) is 0. The molecular weight excluding hydrogens is 328 g/mol. The van der Waals surface area contributed by atoms with Gasteiger partial charge in [-0.2, -0.15) is 0 Å². The fourth-order valence-corrected chi connectivity index (χ4v) is 2.39. The molecule has 0 aliphatic rings. The highest BCUT2D eigenvalue weighted by atomic mass is 79.9. The summed E-state index contributed by atoms with van der Waals surface area (Å²) in [4.78, 5) is 14.7. The minimum atomic E-state index is 0.0371. The molecule has 0 spiro atoms. The van der Waals surface area contributed by atoms with Crippen LogP contribution in [0.3, 0.4) is 0 Å². The van der Waals surface area contributed by atoms with E-state index in [4.69, 9.17) is 5.73 Å². The highest BCUT2D eigenvalue weighted by Gasteiger charge is 2.18. The van der Waals surface area contributed by atoms with E-state index in [2.05, 4.69) is 43.6 Å². The second kappa shape index (κ2) is 8.42. The number of benzene rings is 1. The van der Waals surface area contributed by atoms with Crippen LogP contribution in [-0.4, -0.2) is 23.9 Å². The molecule has 3 nitrogen and oxygen atoms in total. The molecule has 2 N–H and O–H groups in total. The molecule has 1 aromatic carbocycles. The Hall–Kier alpha value is -1.03. The maximum atomic E-state index is 12.8. The van der Waals surface area contributed by atoms with E-state index < -0.39 is 0 Å². The molecule has 1 amide bonds. The molecular formula is C17H27BrN2O. The normalized spacial score (nSPS) is 11.2. The number of nitrogens with two attached hydrogens (primary N) is 1. The fourth-order valence-electron chi connectivity index (χ4n) is 2.03. The quantitative estimate of drug-likeness (QED) is 0.729. The molecule has 118 valence electrons. The number of carbonyl (C=O) groups is 1. The van der Waals surface area contributed by atoms with Gasteiger partial charge in [-0.25, -0.2) is 0 Å². The van der Waals surface area contributed by atoms with E-state index >= 15 is 0 Å². The van der Waals surface area contributed by atoms with Crippen LogP contribution in [0.2, 0.25) is 0 Å². The molecule has 0 fully saturated rings. The summed E-state index contributed by atoms with van der Waals surface area (Å²) in [5.41, 5.74) is 7.11. The SMILES string of the molecule is CC(C)CCN(CCC(C)C)C(=O)c1cc(Br)ccc1N. The Morgan fingerprint density at radius 3 is 2.14 bits per heavy atom. The van der Waals surface area contributed by atoms with Gasteiger partial charge in [0.2, 0.25) is 0 Å². The largest absolute Gasteiger partial charge is 0.398 e. The molecule has 0 saturated carbocycles. The number of anilines is 1. The monoisotopic (exact) mass is 354 g/mol. The second-order valence-corrected chi connectivity index (χ2v) is 7.30. The maximum Gasteiger partial charge on any atom is 0.255 e. The van der Waals surface area contributed by atoms with Crippen LogP contribution in [0.15, 0.2) is 22.7 Å². The highest BCUT2D eigenvalue weighted by molar-refractivity contribution is 9.10. The third kappa shape index (κ3) is 6.08. The molecule has 0 atom stereocenters. The van der Waals surface area contributed by atoms with Crippen LogP contribution >= 0.6 is 15.9 Å². The van der Waals surface area contributed by atoms with Crippen LogP contribution in [0.1, 0.15) is 50.9 Å². The third-order valence-electron chi connectivity index (χ3n) is 3.49. The Labute approximate surface area is 137 Å². The zero-order valence-corrected chi connectivity index (χ0v) is 15.1. The van der Waals surface area contributed by atoms with Crippen molar-refractivity contribution in [2.24, 2.45) is 11.8 Å². The summed E-state index contributed by atoms with van der Waals surface area (Å²) in [6, 6.07) is 5.45. The van der Waals surface area contributed by atoms with E-state index in [1.807, 2.05) is 17.0 Å². The lowest BCUT2D eigenvalue weighted by Gasteiger charge is -2.25. The Morgan fingerprint density at radius 2 is 1.67 bits per heavy atom. The van der Waals surface area contributed by atoms with Crippen LogP contribution in [0.5, 0.6) is 0 Å². The predicted octanol–water partition coefficient (Wildman–Crippen LogP) is 4.57. The average molecular weight is 355 g/mol. The summed E-state index contributed by atoms with van der Waals surface area (Å²) in [5.74, 6) is 1.20. The molecule has 21 heavy (non-hydrogen) atoms. The smallest absolute Gasteiger partial charge is 0.255 e. The number of amides is 1. The Balaban J connectivity index is 2.89. The van der Waals surface area contributed by atoms with Gasteiger partial charge in [0.1, 0.15) is 0 Å². The standard InChI is InChI=1S/C17H27BrN2O/c1-12(2)7-9-20(10-8-13(3)4)17(21)15-11-14(18)5-6-16(15)19/h5-6,11-13H,7-10,19H2,1-4H3. The second-order valence-electron chi connectivity index (χ2n) is 6.39. The minimum Gasteiger partial charge on any atom is -0.398 e. The number of hydrogen-bond acceptors (Lipinski definition) is 2. The summed E-state index contributed by atoms with van der Waals surface area (Å²) >= 11 is 3.41. The number of hydrogen-bond donors (Lipinski definition) is 1. The molecule has 0 radical (unpaired) electrons. The molecule has 1 aromatic rings. The highest BCUT2D eigenvalue weighted by Crippen LogP contribution is 2.21. The van der Waals surface area contributed by atoms with E-state index in [0.717, 1.165) is 30.4 Å². The molecule has 4 heteroatoms. The molecule has 1 rings (SSSR count). The first-order valence-corrected chi connectivity index (χ1v) is 8.44. The van der Waals surface area contributed by atoms with E-state index in [9.17, 15) is 4.79 Å². The number of halogens is 1. The van der Waals surface area contributed by atoms with Gasteiger partial charge in [0.25, 0.3) is 5.91 Å². The lowest BCUT2D eigenvalue weighted by molar-refractivity contribution is 0.0742. The molecule has 0 saturated heterocycles. The van der Waals surface area contributed by atoms with Crippen molar-refractivity contribution in [1.29, 1.82) is 0 Å². The van der Waals surface area contributed by atoms with Gasteiger partial charge >= 0.3 is 0 Å². The van der Waals surface area contributed by atoms with Gasteiger partial charge in [-0.05, 0) is 42.9 Å². The van der Waals surface area contributed by atoms with Crippen molar-refractivity contribution in [3.05, 3.63) is 28.2 Å². The lowest BCUT2D eigenvalue weighted by atomic mass is 10.1. The number of carbonyl (C=O) groups excluding carboxylic acids is 1. The van der Waals surface area contributed by atoms with E-state index in [1.54, 1.807) is 6.07 Å². The van der Waals surface area contributed by atoms with Crippen molar-refractivity contribution >= 4 is 27.5 Å². The number of rotatable bonds is 7. The van der Waals surface area contributed by atoms with Crippen LogP contribution in [-0.2, 0) is 0 Å². The van der Waals surface area contributed by atoms with Gasteiger partial charge in [-0.3, -0.25) is 4.79 Å². The van der Waals surface area contributed by atoms with Crippen LogP contribution in [0, 0.1) is 11.8 Å². The van der Waals surface area contributed by atoms with Crippen LogP contribution in [0.25, 0.3) is 0 Å². The van der Waals surface area contributed by atoms with Crippen molar-refractivity contribution < 1.29 is 4.79 Å². The number of nitrogen functional groups attached to an aromatic ring is 1. The van der Waals surface area contributed by atoms with E-state index in [-0.39, 0.29) is 5.91 Å². The van der Waals surface area contributed by atoms with Crippen LogP contribution in [0.4, 0.5) is 5.69 Å². The molecule has 0 aliphatic heterocycles. The zero-order valence-electron chi connectivity index (χ0n) is 13.5. The van der Waals surface area contributed by atoms with Gasteiger partial charge in [0.05, 0.1) is 5.56 Å². The summed E-state index contributed by atoms with van der Waals surface area (Å²) in [5, 5.41) is 0. The van der Waals surface area contributed by atoms with E-state index in [1.165, 1.54) is 0 Å². The molecule has 0 unspecified atom stereocenters. The Kier molecular flexibility index (Phi) is 7.23. The zero-order chi connectivity index (χ0) is 16.0. The Morgan fingerprint density at radius 1 is 1.14 bits per heavy atom. The number of nitrogens with zero attached hydrogens (tertiary/aromatic N) is 1. The van der Waals surface area contributed by atoms with Crippen molar-refractivity contribution in [2.45, 2.75) is 40.5 Å². The van der Waals surface area contributed by atoms with Gasteiger partial charge in [-0.15, -0.1) is 0 Å². The summed E-state index contributed by atoms with van der Waals surface area (Å²) in [6.45, 7) is 10.3. The van der Waals surface area contributed by atoms with Crippen molar-refractivity contribution in [1.82, 2.24) is 4.90 Å². The fraction of sp³-hybridized carbons (Fsp3) is 0.588. The van der Waals surface area contributed by atoms with Gasteiger partial charge < -0.3 is 10.6 Å². The van der Waals surface area contributed by atoms with Gasteiger partial charge in [-0.1, -0.05) is 43.6 Å². The van der Waals surface area contributed by atoms with E-state index in [0.29, 0.717) is 23.1 Å². The first-order valence-electron chi connectivity index (χ1n) is 7.65. The molecule has 0 aliphatic carbocycles. The molecule has 0 aromatic heterocycles. The predicted molar refractivity (Wildman–Crippen MR) is 93.4 cm³/mol. The molecule has 0 heterocycles. The first-order chi connectivity index (χ1) is 9.81. The van der Waals surface area contributed by atoms with Crippen molar-refractivity contribution in [2.75, 3.05) is 18.8 Å². The summed E-state index contributed by atoms with van der Waals surface area (Å²) in [6.07, 6.45) is 2.02. The van der Waals surface area contributed by atoms with Crippen molar-refractivity contribution in [3.63, 3.8) is 0 Å². The van der Waals surface area contributed by atoms with Gasteiger partial charge in [0.15, 0.2) is 0 Å². The minimum absolute atomic E-state index is 0.0371. The summed E-state index contributed by atoms with van der Waals surface area (Å²) < 4.78 is 0.882. The van der Waals surface area contributed by atoms with Crippen molar-refractivity contribution in [3.8, 4) is 0 Å². The average Bonchev–Trinajstić information content (AvgIpc) is 2.40. The Bertz CT molecular complexity index is 460. The van der Waals surface area contributed by atoms with Gasteiger partial charge in [0, 0.05) is 23.2 Å². The lowest BCUT2D eigenvalue weighted by Crippen LogP contribution is -2.34. The maximum absolute atomic E-state index is 12.8.